The number of nitrogen functional groups attached to an aromatic ring is 2. The van der Waals surface area contributed by atoms with Crippen molar-refractivity contribution in [3.05, 3.63) is 47.4 Å². The van der Waals surface area contributed by atoms with Crippen molar-refractivity contribution in [2.75, 3.05) is 18.0 Å². The predicted octanol–water partition coefficient (Wildman–Crippen LogP) is 1.67. The Morgan fingerprint density at radius 2 is 2.05 bits per heavy atom. The lowest BCUT2D eigenvalue weighted by Gasteiger charge is -2.22. The van der Waals surface area contributed by atoms with Crippen LogP contribution in [-0.4, -0.2) is 23.5 Å². The number of hydrogen-bond donors (Lipinski definition) is 3. The van der Waals surface area contributed by atoms with E-state index in [-0.39, 0.29) is 0 Å². The minimum absolute atomic E-state index is 0.483. The third-order valence-corrected chi connectivity index (χ3v) is 3.05. The van der Waals surface area contributed by atoms with E-state index in [0.29, 0.717) is 17.9 Å². The number of allylic oxidation sites excluding steroid dienone is 2. The van der Waals surface area contributed by atoms with Crippen molar-refractivity contribution >= 4 is 23.3 Å². The second kappa shape index (κ2) is 6.23. The number of rotatable bonds is 3. The lowest BCUT2D eigenvalue weighted by molar-refractivity contribution is 0.503. The highest BCUT2D eigenvalue weighted by molar-refractivity contribution is 5.99. The van der Waals surface area contributed by atoms with Gasteiger partial charge in [0.1, 0.15) is 0 Å². The average molecular weight is 284 g/mol. The first-order chi connectivity index (χ1) is 9.97. The zero-order chi connectivity index (χ0) is 15.4. The molecule has 0 aromatic heterocycles. The summed E-state index contributed by atoms with van der Waals surface area (Å²) < 4.78 is 0. The SMILES string of the molecule is CC1=CN(N)/C(=C\CN=Cc2cc(N)ccc2N)C(C)=N1. The normalized spacial score (nSPS) is 17.3. The molecule has 1 aromatic rings. The fourth-order valence-electron chi connectivity index (χ4n) is 2.06. The van der Waals surface area contributed by atoms with E-state index < -0.39 is 0 Å². The van der Waals surface area contributed by atoms with Crippen LogP contribution >= 0.6 is 0 Å². The first-order valence-electron chi connectivity index (χ1n) is 6.60. The van der Waals surface area contributed by atoms with Crippen LogP contribution in [0.4, 0.5) is 11.4 Å². The smallest absolute Gasteiger partial charge is 0.0759 e. The number of benzene rings is 1. The van der Waals surface area contributed by atoms with Crippen LogP contribution in [0.5, 0.6) is 0 Å². The average Bonchev–Trinajstić information content (AvgIpc) is 2.40. The number of hydrazine groups is 1. The van der Waals surface area contributed by atoms with Crippen molar-refractivity contribution in [2.45, 2.75) is 13.8 Å². The summed E-state index contributed by atoms with van der Waals surface area (Å²) in [6.45, 7) is 4.31. The molecule has 6 nitrogen and oxygen atoms in total. The van der Waals surface area contributed by atoms with Crippen LogP contribution in [0.3, 0.4) is 0 Å². The monoisotopic (exact) mass is 284 g/mol. The van der Waals surface area contributed by atoms with Gasteiger partial charge in [-0.15, -0.1) is 0 Å². The van der Waals surface area contributed by atoms with Gasteiger partial charge in [0.15, 0.2) is 0 Å². The summed E-state index contributed by atoms with van der Waals surface area (Å²) in [5.41, 5.74) is 16.3. The Bertz CT molecular complexity index is 654. The molecule has 1 aliphatic rings. The minimum atomic E-state index is 0.483. The number of nitrogens with zero attached hydrogens (tertiary/aromatic N) is 3. The Kier molecular flexibility index (Phi) is 4.39. The highest BCUT2D eigenvalue weighted by Crippen LogP contribution is 2.15. The van der Waals surface area contributed by atoms with E-state index in [1.165, 1.54) is 0 Å². The summed E-state index contributed by atoms with van der Waals surface area (Å²) in [6.07, 6.45) is 5.40. The fraction of sp³-hybridized carbons (Fsp3) is 0.200. The zero-order valence-corrected chi connectivity index (χ0v) is 12.2. The fourth-order valence-corrected chi connectivity index (χ4v) is 2.06. The predicted molar refractivity (Wildman–Crippen MR) is 88.7 cm³/mol. The van der Waals surface area contributed by atoms with E-state index in [0.717, 1.165) is 22.7 Å². The van der Waals surface area contributed by atoms with Crippen LogP contribution < -0.4 is 17.3 Å². The number of nitrogens with two attached hydrogens (primary N) is 3. The summed E-state index contributed by atoms with van der Waals surface area (Å²) in [7, 11) is 0. The first-order valence-corrected chi connectivity index (χ1v) is 6.60. The third-order valence-electron chi connectivity index (χ3n) is 3.05. The number of aliphatic imine (C=N–C) groups is 2. The van der Waals surface area contributed by atoms with Gasteiger partial charge in [-0.3, -0.25) is 15.0 Å². The molecule has 6 heteroatoms. The highest BCUT2D eigenvalue weighted by Gasteiger charge is 2.11. The highest BCUT2D eigenvalue weighted by atomic mass is 15.4. The molecule has 6 N–H and O–H groups in total. The van der Waals surface area contributed by atoms with Gasteiger partial charge in [0.2, 0.25) is 0 Å². The lowest BCUT2D eigenvalue weighted by atomic mass is 10.2. The molecule has 0 aliphatic carbocycles. The van der Waals surface area contributed by atoms with Gasteiger partial charge in [-0.05, 0) is 38.1 Å². The Morgan fingerprint density at radius 3 is 2.76 bits per heavy atom. The van der Waals surface area contributed by atoms with E-state index in [1.54, 1.807) is 35.6 Å². The van der Waals surface area contributed by atoms with Crippen molar-refractivity contribution < 1.29 is 0 Å². The quantitative estimate of drug-likeness (QED) is 0.446. The number of anilines is 2. The van der Waals surface area contributed by atoms with Crippen molar-refractivity contribution in [3.8, 4) is 0 Å². The van der Waals surface area contributed by atoms with Crippen molar-refractivity contribution in [2.24, 2.45) is 15.8 Å². The Labute approximate surface area is 124 Å². The second-order valence-corrected chi connectivity index (χ2v) is 4.85. The Morgan fingerprint density at radius 1 is 1.29 bits per heavy atom. The van der Waals surface area contributed by atoms with Gasteiger partial charge in [-0.2, -0.15) is 0 Å². The van der Waals surface area contributed by atoms with Crippen LogP contribution in [0.1, 0.15) is 19.4 Å². The molecule has 0 atom stereocenters. The van der Waals surface area contributed by atoms with Crippen molar-refractivity contribution in [3.63, 3.8) is 0 Å². The molecule has 0 fully saturated rings. The van der Waals surface area contributed by atoms with Crippen LogP contribution in [0.2, 0.25) is 0 Å². The van der Waals surface area contributed by atoms with Crippen LogP contribution in [-0.2, 0) is 0 Å². The maximum Gasteiger partial charge on any atom is 0.0759 e. The largest absolute Gasteiger partial charge is 0.399 e. The lowest BCUT2D eigenvalue weighted by Crippen LogP contribution is -2.30. The summed E-state index contributed by atoms with van der Waals surface area (Å²) in [5.74, 6) is 5.92. The molecule has 0 bridgehead atoms. The molecule has 1 aliphatic heterocycles. The topological polar surface area (TPSA) is 106 Å². The molecule has 0 radical (unpaired) electrons. The molecule has 2 rings (SSSR count). The minimum Gasteiger partial charge on any atom is -0.399 e. The van der Waals surface area contributed by atoms with Crippen LogP contribution in [0.25, 0.3) is 0 Å². The Balaban J connectivity index is 2.07. The molecular formula is C15H20N6. The summed E-state index contributed by atoms with van der Waals surface area (Å²) in [4.78, 5) is 8.71. The van der Waals surface area contributed by atoms with E-state index in [4.69, 9.17) is 17.3 Å². The molecule has 0 saturated heterocycles. The van der Waals surface area contributed by atoms with Gasteiger partial charge in [-0.1, -0.05) is 0 Å². The molecule has 1 aromatic carbocycles. The van der Waals surface area contributed by atoms with E-state index >= 15 is 0 Å². The maximum atomic E-state index is 5.92. The maximum absolute atomic E-state index is 5.92. The molecule has 0 saturated carbocycles. The third kappa shape index (κ3) is 3.70. The van der Waals surface area contributed by atoms with Crippen molar-refractivity contribution in [1.82, 2.24) is 5.01 Å². The first kappa shape index (κ1) is 14.8. The molecule has 0 spiro atoms. The van der Waals surface area contributed by atoms with E-state index in [9.17, 15) is 0 Å². The van der Waals surface area contributed by atoms with Crippen LogP contribution in [0.15, 0.2) is 51.9 Å². The summed E-state index contributed by atoms with van der Waals surface area (Å²) >= 11 is 0. The second-order valence-electron chi connectivity index (χ2n) is 4.85. The van der Waals surface area contributed by atoms with Gasteiger partial charge in [0.05, 0.1) is 23.7 Å². The molecule has 110 valence electrons. The Hall–Kier alpha value is -2.60. The van der Waals surface area contributed by atoms with Gasteiger partial charge in [0.25, 0.3) is 0 Å². The standard InChI is InChI=1S/C15H20N6/c1-10-9-21(18)15(11(2)20-10)5-6-19-8-12-7-13(16)3-4-14(12)17/h3-5,7-9H,6,16-18H2,1-2H3/b15-5-,19-8?. The summed E-state index contributed by atoms with van der Waals surface area (Å²) in [6, 6.07) is 5.32. The van der Waals surface area contributed by atoms with Gasteiger partial charge < -0.3 is 11.5 Å². The molecule has 0 unspecified atom stereocenters. The van der Waals surface area contributed by atoms with Crippen molar-refractivity contribution in [1.29, 1.82) is 0 Å². The van der Waals surface area contributed by atoms with Gasteiger partial charge in [0, 0.05) is 29.4 Å². The van der Waals surface area contributed by atoms with E-state index in [2.05, 4.69) is 9.98 Å². The molecule has 21 heavy (non-hydrogen) atoms. The summed E-state index contributed by atoms with van der Waals surface area (Å²) in [5, 5.41) is 1.56. The number of hydrogen-bond acceptors (Lipinski definition) is 6. The zero-order valence-electron chi connectivity index (χ0n) is 12.2. The molecule has 1 heterocycles. The molecular weight excluding hydrogens is 264 g/mol. The van der Waals surface area contributed by atoms with Crippen LogP contribution in [0, 0.1) is 0 Å². The van der Waals surface area contributed by atoms with Gasteiger partial charge in [-0.25, -0.2) is 5.84 Å². The van der Waals surface area contributed by atoms with E-state index in [1.807, 2.05) is 19.9 Å². The molecule has 0 amide bonds. The van der Waals surface area contributed by atoms with Gasteiger partial charge >= 0.3 is 0 Å².